The number of hydrogen-bond acceptors (Lipinski definition) is 4. The minimum atomic E-state index is -0.199. The van der Waals surface area contributed by atoms with Crippen LogP contribution in [0.25, 0.3) is 5.65 Å². The number of nitrogens with two attached hydrogens (primary N) is 1. The lowest BCUT2D eigenvalue weighted by Gasteiger charge is -2.11. The van der Waals surface area contributed by atoms with Crippen LogP contribution in [0.5, 0.6) is 0 Å². The van der Waals surface area contributed by atoms with E-state index in [1.165, 1.54) is 5.56 Å². The van der Waals surface area contributed by atoms with Gasteiger partial charge in [0, 0.05) is 11.8 Å². The molecule has 0 aliphatic heterocycles. The molecule has 1 unspecified atom stereocenters. The zero-order chi connectivity index (χ0) is 14.1. The van der Waals surface area contributed by atoms with E-state index in [1.807, 2.05) is 42.5 Å². The summed E-state index contributed by atoms with van der Waals surface area (Å²) >= 11 is 0. The van der Waals surface area contributed by atoms with Crippen LogP contribution >= 0.6 is 0 Å². The highest BCUT2D eigenvalue weighted by molar-refractivity contribution is 5.40. The van der Waals surface area contributed by atoms with Gasteiger partial charge in [-0.25, -0.2) is 4.98 Å². The molecule has 3 aromatic rings. The predicted molar refractivity (Wildman–Crippen MR) is 77.3 cm³/mol. The molecular weight excluding hydrogens is 250 g/mol. The molecule has 0 saturated heterocycles. The molecule has 0 radical (unpaired) electrons. The summed E-state index contributed by atoms with van der Waals surface area (Å²) in [5.74, 6) is 1.62. The van der Waals surface area contributed by atoms with Gasteiger partial charge in [-0.3, -0.25) is 4.40 Å². The second-order valence-electron chi connectivity index (χ2n) is 4.99. The first-order valence-corrected chi connectivity index (χ1v) is 6.64. The first-order valence-electron chi connectivity index (χ1n) is 6.64. The Hall–Kier alpha value is -2.27. The molecule has 0 saturated carbocycles. The molecule has 1 atom stereocenters. The highest BCUT2D eigenvalue weighted by Crippen LogP contribution is 2.17. The average Bonchev–Trinajstić information content (AvgIpc) is 2.84. The molecule has 0 aliphatic carbocycles. The van der Waals surface area contributed by atoms with Gasteiger partial charge in [-0.05, 0) is 25.8 Å². The maximum absolute atomic E-state index is 6.29. The van der Waals surface area contributed by atoms with Crippen molar-refractivity contribution in [2.75, 3.05) is 0 Å². The summed E-state index contributed by atoms with van der Waals surface area (Å²) in [6, 6.07) is 11.9. The summed E-state index contributed by atoms with van der Waals surface area (Å²) in [7, 11) is 0. The number of nitrogens with zero attached hydrogens (tertiary/aromatic N) is 4. The fourth-order valence-electron chi connectivity index (χ4n) is 2.46. The first-order chi connectivity index (χ1) is 9.65. The molecule has 102 valence electrons. The van der Waals surface area contributed by atoms with Gasteiger partial charge in [0.25, 0.3) is 0 Å². The van der Waals surface area contributed by atoms with Crippen LogP contribution in [0.3, 0.4) is 0 Å². The van der Waals surface area contributed by atoms with Gasteiger partial charge in [-0.15, -0.1) is 10.2 Å². The van der Waals surface area contributed by atoms with Crippen LogP contribution in [-0.4, -0.2) is 19.6 Å². The highest BCUT2D eigenvalue weighted by Gasteiger charge is 2.16. The Bertz CT molecular complexity index is 733. The fourth-order valence-corrected chi connectivity index (χ4v) is 2.46. The Morgan fingerprint density at radius 1 is 1.15 bits per heavy atom. The third kappa shape index (κ3) is 2.28. The van der Waals surface area contributed by atoms with Crippen molar-refractivity contribution in [3.63, 3.8) is 0 Å². The molecule has 5 heteroatoms. The Kier molecular flexibility index (Phi) is 3.20. The van der Waals surface area contributed by atoms with Gasteiger partial charge in [0.05, 0.1) is 6.04 Å². The van der Waals surface area contributed by atoms with Gasteiger partial charge in [0.15, 0.2) is 11.5 Å². The van der Waals surface area contributed by atoms with E-state index in [-0.39, 0.29) is 6.04 Å². The molecule has 1 aromatic carbocycles. The molecule has 2 aromatic heterocycles. The van der Waals surface area contributed by atoms with Crippen LogP contribution < -0.4 is 5.73 Å². The van der Waals surface area contributed by atoms with E-state index in [2.05, 4.69) is 27.3 Å². The lowest BCUT2D eigenvalue weighted by atomic mass is 10.1. The maximum atomic E-state index is 6.29. The van der Waals surface area contributed by atoms with Crippen LogP contribution in [0.4, 0.5) is 0 Å². The van der Waals surface area contributed by atoms with E-state index in [1.54, 1.807) is 0 Å². The quantitative estimate of drug-likeness (QED) is 0.788. The zero-order valence-electron chi connectivity index (χ0n) is 11.6. The lowest BCUT2D eigenvalue weighted by Crippen LogP contribution is -2.18. The largest absolute Gasteiger partial charge is 0.321 e. The van der Waals surface area contributed by atoms with Gasteiger partial charge >= 0.3 is 0 Å². The third-order valence-corrected chi connectivity index (χ3v) is 3.34. The monoisotopic (exact) mass is 267 g/mol. The topological polar surface area (TPSA) is 69.1 Å². The number of hydrogen-bond donors (Lipinski definition) is 1. The molecule has 3 rings (SSSR count). The molecule has 20 heavy (non-hydrogen) atoms. The number of aromatic nitrogens is 4. The lowest BCUT2D eigenvalue weighted by molar-refractivity contribution is 0.650. The van der Waals surface area contributed by atoms with Crippen molar-refractivity contribution in [3.05, 3.63) is 59.3 Å². The Morgan fingerprint density at radius 2 is 1.90 bits per heavy atom. The first kappa shape index (κ1) is 12.7. The summed E-state index contributed by atoms with van der Waals surface area (Å²) in [6.07, 6.45) is 0.731. The summed E-state index contributed by atoms with van der Waals surface area (Å²) in [4.78, 5) is 4.45. The maximum Gasteiger partial charge on any atom is 0.164 e. The second-order valence-corrected chi connectivity index (χ2v) is 4.99. The highest BCUT2D eigenvalue weighted by atomic mass is 15.3. The summed E-state index contributed by atoms with van der Waals surface area (Å²) < 4.78 is 1.93. The number of benzene rings is 1. The van der Waals surface area contributed by atoms with Gasteiger partial charge < -0.3 is 5.73 Å². The number of aryl methyl sites for hydroxylation is 2. The van der Waals surface area contributed by atoms with E-state index in [0.717, 1.165) is 29.4 Å². The van der Waals surface area contributed by atoms with Crippen LogP contribution in [0, 0.1) is 13.8 Å². The van der Waals surface area contributed by atoms with Crippen molar-refractivity contribution >= 4 is 5.65 Å². The molecule has 2 N–H and O–H groups in total. The minimum absolute atomic E-state index is 0.199. The van der Waals surface area contributed by atoms with Gasteiger partial charge in [-0.1, -0.05) is 30.3 Å². The fraction of sp³-hybridized carbons (Fsp3) is 0.267. The van der Waals surface area contributed by atoms with Crippen molar-refractivity contribution in [1.29, 1.82) is 0 Å². The SMILES string of the molecule is Cc1cc2nnc(C(N)Cc3ccccc3)n2c(C)n1. The van der Waals surface area contributed by atoms with E-state index in [9.17, 15) is 0 Å². The number of rotatable bonds is 3. The third-order valence-electron chi connectivity index (χ3n) is 3.34. The van der Waals surface area contributed by atoms with E-state index in [0.29, 0.717) is 0 Å². The second kappa shape index (κ2) is 5.02. The Balaban J connectivity index is 1.98. The summed E-state index contributed by atoms with van der Waals surface area (Å²) in [6.45, 7) is 3.90. The van der Waals surface area contributed by atoms with Crippen LogP contribution in [0.1, 0.15) is 28.9 Å². The Morgan fingerprint density at radius 3 is 2.65 bits per heavy atom. The molecule has 0 bridgehead atoms. The zero-order valence-corrected chi connectivity index (χ0v) is 11.6. The normalized spacial score (nSPS) is 12.8. The predicted octanol–water partition coefficient (Wildman–Crippen LogP) is 1.98. The smallest absolute Gasteiger partial charge is 0.164 e. The van der Waals surface area contributed by atoms with E-state index >= 15 is 0 Å². The van der Waals surface area contributed by atoms with Crippen LogP contribution in [0.2, 0.25) is 0 Å². The van der Waals surface area contributed by atoms with Crippen molar-refractivity contribution in [2.45, 2.75) is 26.3 Å². The molecule has 0 spiro atoms. The molecule has 0 fully saturated rings. The summed E-state index contributed by atoms with van der Waals surface area (Å²) in [5.41, 5.74) is 9.22. The molecule has 2 heterocycles. The van der Waals surface area contributed by atoms with Crippen molar-refractivity contribution in [2.24, 2.45) is 5.73 Å². The standard InChI is InChI=1S/C15H17N5/c1-10-8-14-18-19-15(20(14)11(2)17-10)13(16)9-12-6-4-3-5-7-12/h3-8,13H,9,16H2,1-2H3. The molecular formula is C15H17N5. The van der Waals surface area contributed by atoms with Gasteiger partial charge in [0.1, 0.15) is 5.82 Å². The van der Waals surface area contributed by atoms with Crippen LogP contribution in [-0.2, 0) is 6.42 Å². The summed E-state index contributed by atoms with van der Waals surface area (Å²) in [5, 5.41) is 8.44. The van der Waals surface area contributed by atoms with E-state index < -0.39 is 0 Å². The molecule has 0 amide bonds. The number of fused-ring (bicyclic) bond motifs is 1. The van der Waals surface area contributed by atoms with Crippen molar-refractivity contribution in [3.8, 4) is 0 Å². The van der Waals surface area contributed by atoms with Crippen molar-refractivity contribution in [1.82, 2.24) is 19.6 Å². The molecule has 0 aliphatic rings. The van der Waals surface area contributed by atoms with Gasteiger partial charge in [0.2, 0.25) is 0 Å². The Labute approximate surface area is 117 Å². The van der Waals surface area contributed by atoms with Gasteiger partial charge in [-0.2, -0.15) is 0 Å². The minimum Gasteiger partial charge on any atom is -0.321 e. The van der Waals surface area contributed by atoms with Crippen molar-refractivity contribution < 1.29 is 0 Å². The average molecular weight is 267 g/mol. The van der Waals surface area contributed by atoms with E-state index in [4.69, 9.17) is 5.73 Å². The van der Waals surface area contributed by atoms with Crippen LogP contribution in [0.15, 0.2) is 36.4 Å². The molecule has 5 nitrogen and oxygen atoms in total.